The maximum Gasteiger partial charge on any atom is 0.252 e. The van der Waals surface area contributed by atoms with Gasteiger partial charge in [0.25, 0.3) is 6.71 Å². The minimum atomic E-state index is 0.0169. The number of rotatable bonds is 2. The Labute approximate surface area is 338 Å². The van der Waals surface area contributed by atoms with Crippen LogP contribution < -0.4 is 26.2 Å². The molecular formula is C53H63BN2. The number of fused-ring (bicyclic) bond motifs is 6. The lowest BCUT2D eigenvalue weighted by molar-refractivity contribution is 0.403. The predicted molar refractivity (Wildman–Crippen MR) is 244 cm³/mol. The summed E-state index contributed by atoms with van der Waals surface area (Å²) in [5, 5.41) is 0. The van der Waals surface area contributed by atoms with Crippen molar-refractivity contribution in [3.8, 4) is 0 Å². The van der Waals surface area contributed by atoms with Gasteiger partial charge in [-0.3, -0.25) is 0 Å². The van der Waals surface area contributed by atoms with Gasteiger partial charge < -0.3 is 9.80 Å². The van der Waals surface area contributed by atoms with Crippen LogP contribution in [0.3, 0.4) is 0 Å². The van der Waals surface area contributed by atoms with Crippen LogP contribution in [-0.2, 0) is 32.5 Å². The van der Waals surface area contributed by atoms with Crippen molar-refractivity contribution in [1.82, 2.24) is 0 Å². The van der Waals surface area contributed by atoms with E-state index in [1.165, 1.54) is 89.5 Å². The molecule has 0 spiro atoms. The number of anilines is 6. The number of nitrogens with zero attached hydrogens (tertiary/aromatic N) is 2. The summed E-state index contributed by atoms with van der Waals surface area (Å²) in [5.74, 6) is 0. The molecule has 0 N–H and O–H groups in total. The minimum Gasteiger partial charge on any atom is -0.311 e. The van der Waals surface area contributed by atoms with Crippen molar-refractivity contribution in [1.29, 1.82) is 0 Å². The quantitative estimate of drug-likeness (QED) is 0.163. The molecule has 4 aliphatic rings. The zero-order valence-corrected chi connectivity index (χ0v) is 37.0. The summed E-state index contributed by atoms with van der Waals surface area (Å²) in [6.07, 6.45) is 2.30. The van der Waals surface area contributed by atoms with Crippen molar-refractivity contribution in [3.63, 3.8) is 0 Å². The largest absolute Gasteiger partial charge is 0.311 e. The lowest BCUT2D eigenvalue weighted by Crippen LogP contribution is -2.61. The number of hydrogen-bond acceptors (Lipinski definition) is 2. The Morgan fingerprint density at radius 3 is 1.48 bits per heavy atom. The Bertz CT molecular complexity index is 2460. The normalized spacial score (nSPS) is 19.3. The molecule has 5 aromatic carbocycles. The fourth-order valence-electron chi connectivity index (χ4n) is 11.8. The monoisotopic (exact) mass is 739 g/mol. The second-order valence-corrected chi connectivity index (χ2v) is 22.7. The lowest BCUT2D eigenvalue weighted by Gasteiger charge is -2.45. The topological polar surface area (TPSA) is 6.48 Å². The molecule has 0 fully saturated rings. The van der Waals surface area contributed by atoms with Crippen molar-refractivity contribution < 1.29 is 0 Å². The second kappa shape index (κ2) is 11.5. The summed E-state index contributed by atoms with van der Waals surface area (Å²) in [6, 6.07) is 34.4. The molecule has 288 valence electrons. The highest BCUT2D eigenvalue weighted by atomic mass is 15.2. The molecule has 2 nitrogen and oxygen atoms in total. The smallest absolute Gasteiger partial charge is 0.252 e. The zero-order valence-electron chi connectivity index (χ0n) is 37.0. The first-order valence-electron chi connectivity index (χ1n) is 21.2. The van der Waals surface area contributed by atoms with Gasteiger partial charge in [0.2, 0.25) is 0 Å². The third-order valence-electron chi connectivity index (χ3n) is 14.2. The van der Waals surface area contributed by atoms with Crippen LogP contribution in [0, 0.1) is 6.92 Å². The molecule has 2 heterocycles. The van der Waals surface area contributed by atoms with E-state index in [2.05, 4.69) is 199 Å². The standard InChI is InChI=1S/C53H63BN2/c1-32-24-45-47-46(25-32)56(36-21-22-37-38(27-36)51(10,11)30-50(37,8)9)44-29-40-39(52(12,13)31-53(40,14)15)28-42(44)54(47)41-26-34(49(5,6)7)18-23-43(41)55(45)35-19-16-33(17-20-35)48(2,3)4/h16-29H,30-31H2,1-15H3. The van der Waals surface area contributed by atoms with Crippen molar-refractivity contribution in [3.05, 3.63) is 124 Å². The van der Waals surface area contributed by atoms with E-state index in [0.717, 1.165) is 12.8 Å². The second-order valence-electron chi connectivity index (χ2n) is 22.7. The summed E-state index contributed by atoms with van der Waals surface area (Å²) >= 11 is 0. The van der Waals surface area contributed by atoms with Crippen molar-refractivity contribution >= 4 is 57.2 Å². The summed E-state index contributed by atoms with van der Waals surface area (Å²) in [6.45, 7) is 36.0. The van der Waals surface area contributed by atoms with Gasteiger partial charge in [0, 0.05) is 34.1 Å². The minimum absolute atomic E-state index is 0.0169. The van der Waals surface area contributed by atoms with E-state index in [-0.39, 0.29) is 39.2 Å². The fourth-order valence-corrected chi connectivity index (χ4v) is 11.8. The molecule has 0 saturated heterocycles. The average Bonchev–Trinajstić information content (AvgIpc) is 3.39. The van der Waals surface area contributed by atoms with E-state index in [0.29, 0.717) is 0 Å². The van der Waals surface area contributed by atoms with E-state index in [4.69, 9.17) is 0 Å². The van der Waals surface area contributed by atoms with Crippen LogP contribution in [0.15, 0.2) is 84.9 Å². The first-order valence-corrected chi connectivity index (χ1v) is 21.2. The third-order valence-corrected chi connectivity index (χ3v) is 14.2. The molecule has 0 bridgehead atoms. The molecule has 56 heavy (non-hydrogen) atoms. The number of aryl methyl sites for hydroxylation is 1. The highest BCUT2D eigenvalue weighted by Crippen LogP contribution is 2.55. The summed E-state index contributed by atoms with van der Waals surface area (Å²) in [5.41, 5.74) is 22.5. The highest BCUT2D eigenvalue weighted by Gasteiger charge is 2.49. The predicted octanol–water partition coefficient (Wildman–Crippen LogP) is 12.6. The zero-order chi connectivity index (χ0) is 40.3. The molecule has 0 aromatic heterocycles. The third kappa shape index (κ3) is 5.42. The fraction of sp³-hybridized carbons (Fsp3) is 0.434. The maximum atomic E-state index is 2.67. The van der Waals surface area contributed by atoms with Crippen LogP contribution in [0.4, 0.5) is 34.1 Å². The summed E-state index contributed by atoms with van der Waals surface area (Å²) in [7, 11) is 0. The van der Waals surface area contributed by atoms with E-state index in [1.54, 1.807) is 0 Å². The first-order chi connectivity index (χ1) is 25.9. The van der Waals surface area contributed by atoms with Crippen LogP contribution >= 0.6 is 0 Å². The number of benzene rings is 5. The van der Waals surface area contributed by atoms with Crippen LogP contribution in [0.1, 0.15) is 149 Å². The average molecular weight is 739 g/mol. The summed E-state index contributed by atoms with van der Waals surface area (Å²) < 4.78 is 0. The summed E-state index contributed by atoms with van der Waals surface area (Å²) in [4.78, 5) is 5.25. The van der Waals surface area contributed by atoms with E-state index in [9.17, 15) is 0 Å². The van der Waals surface area contributed by atoms with Crippen molar-refractivity contribution in [2.45, 2.75) is 149 Å². The maximum absolute atomic E-state index is 2.67. The van der Waals surface area contributed by atoms with Crippen LogP contribution in [0.2, 0.25) is 0 Å². The molecule has 0 amide bonds. The molecule has 0 saturated carbocycles. The Morgan fingerprint density at radius 1 is 0.446 bits per heavy atom. The molecule has 3 heteroatoms. The molecule has 0 atom stereocenters. The Morgan fingerprint density at radius 2 is 0.911 bits per heavy atom. The van der Waals surface area contributed by atoms with Gasteiger partial charge >= 0.3 is 0 Å². The van der Waals surface area contributed by atoms with Crippen molar-refractivity contribution in [2.75, 3.05) is 9.80 Å². The molecular weight excluding hydrogens is 675 g/mol. The van der Waals surface area contributed by atoms with Crippen LogP contribution in [-0.4, -0.2) is 6.71 Å². The van der Waals surface area contributed by atoms with Gasteiger partial charge in [-0.25, -0.2) is 0 Å². The van der Waals surface area contributed by atoms with Gasteiger partial charge in [-0.15, -0.1) is 0 Å². The van der Waals surface area contributed by atoms with Gasteiger partial charge in [0.1, 0.15) is 0 Å². The molecule has 9 rings (SSSR count). The lowest BCUT2D eigenvalue weighted by atomic mass is 9.33. The Hall–Kier alpha value is -4.24. The van der Waals surface area contributed by atoms with E-state index >= 15 is 0 Å². The molecule has 0 radical (unpaired) electrons. The Kier molecular flexibility index (Phi) is 7.64. The molecule has 5 aromatic rings. The van der Waals surface area contributed by atoms with Gasteiger partial charge in [0.15, 0.2) is 0 Å². The number of hydrogen-bond donors (Lipinski definition) is 0. The molecule has 2 aliphatic carbocycles. The highest BCUT2D eigenvalue weighted by molar-refractivity contribution is 7.00. The molecule has 0 unspecified atom stereocenters. The first kappa shape index (κ1) is 37.3. The van der Waals surface area contributed by atoms with Crippen molar-refractivity contribution in [2.24, 2.45) is 0 Å². The van der Waals surface area contributed by atoms with Gasteiger partial charge in [-0.2, -0.15) is 0 Å². The Balaban J connectivity index is 1.39. The SMILES string of the molecule is Cc1cc2c3c(c1)N(c1ccc4c(c1)C(C)(C)CC4(C)C)c1cc4c(cc1B3c1cc(C(C)(C)C)ccc1N2c1ccc(C(C)(C)C)cc1)C(C)(C)CC4(C)C. The van der Waals surface area contributed by atoms with E-state index < -0.39 is 0 Å². The van der Waals surface area contributed by atoms with E-state index in [1.807, 2.05) is 0 Å². The van der Waals surface area contributed by atoms with Gasteiger partial charge in [-0.05, 0) is 156 Å². The van der Waals surface area contributed by atoms with Gasteiger partial charge in [0.05, 0.1) is 0 Å². The van der Waals surface area contributed by atoms with Gasteiger partial charge in [-0.1, -0.05) is 133 Å². The van der Waals surface area contributed by atoms with Crippen LogP contribution in [0.5, 0.6) is 0 Å². The van der Waals surface area contributed by atoms with Crippen LogP contribution in [0.25, 0.3) is 0 Å². The molecule has 2 aliphatic heterocycles.